The van der Waals surface area contributed by atoms with Crippen LogP contribution in [0.25, 0.3) is 6.08 Å². The Bertz CT molecular complexity index is 1320. The monoisotopic (exact) mass is 500 g/mol. The van der Waals surface area contributed by atoms with Crippen molar-refractivity contribution in [2.45, 2.75) is 13.1 Å². The molecule has 10 nitrogen and oxygen atoms in total. The van der Waals surface area contributed by atoms with E-state index in [9.17, 15) is 14.7 Å². The van der Waals surface area contributed by atoms with Crippen LogP contribution < -0.4 is 15.0 Å². The average Bonchev–Trinajstić information content (AvgIpc) is 3.17. The van der Waals surface area contributed by atoms with E-state index in [1.165, 1.54) is 12.0 Å². The number of hydrogen-bond acceptors (Lipinski definition) is 8. The van der Waals surface area contributed by atoms with Crippen molar-refractivity contribution in [3.05, 3.63) is 83.3 Å². The van der Waals surface area contributed by atoms with Crippen molar-refractivity contribution in [3.63, 3.8) is 0 Å². The van der Waals surface area contributed by atoms with Gasteiger partial charge in [-0.15, -0.1) is 0 Å². The van der Waals surface area contributed by atoms with E-state index in [0.717, 1.165) is 43.9 Å². The molecule has 2 aromatic carbocycles. The van der Waals surface area contributed by atoms with Crippen LogP contribution in [0.5, 0.6) is 11.5 Å². The highest BCUT2D eigenvalue weighted by atomic mass is 16.5. The number of methoxy groups -OCH3 is 1. The summed E-state index contributed by atoms with van der Waals surface area (Å²) in [7, 11) is 1.53. The number of piperazine rings is 1. The molecular formula is C27H28N6O4. The van der Waals surface area contributed by atoms with Gasteiger partial charge in [-0.05, 0) is 35.4 Å². The smallest absolute Gasteiger partial charge is 0.329 e. The maximum atomic E-state index is 12.5. The Morgan fingerprint density at radius 2 is 1.78 bits per heavy atom. The van der Waals surface area contributed by atoms with E-state index in [4.69, 9.17) is 4.74 Å². The molecule has 2 fully saturated rings. The summed E-state index contributed by atoms with van der Waals surface area (Å²) in [6.07, 6.45) is 3.29. The average molecular weight is 501 g/mol. The van der Waals surface area contributed by atoms with Gasteiger partial charge >= 0.3 is 6.03 Å². The highest BCUT2D eigenvalue weighted by Gasteiger charge is 2.33. The molecule has 0 spiro atoms. The third kappa shape index (κ3) is 5.54. The number of carbonyl (C=O) groups is 2. The van der Waals surface area contributed by atoms with Gasteiger partial charge in [0.2, 0.25) is 5.95 Å². The normalized spacial score (nSPS) is 17.4. The van der Waals surface area contributed by atoms with Gasteiger partial charge in [-0.25, -0.2) is 14.8 Å². The molecule has 2 saturated heterocycles. The van der Waals surface area contributed by atoms with Crippen molar-refractivity contribution >= 4 is 24.0 Å². The largest absolute Gasteiger partial charge is 0.504 e. The minimum Gasteiger partial charge on any atom is -0.504 e. The summed E-state index contributed by atoms with van der Waals surface area (Å²) in [5, 5.41) is 12.4. The predicted molar refractivity (Wildman–Crippen MR) is 138 cm³/mol. The first-order chi connectivity index (χ1) is 18.0. The first-order valence-electron chi connectivity index (χ1n) is 12.0. The van der Waals surface area contributed by atoms with Crippen LogP contribution in [0.15, 0.2) is 66.5 Å². The number of nitrogens with zero attached hydrogens (tertiary/aromatic N) is 5. The zero-order valence-corrected chi connectivity index (χ0v) is 20.5. The molecule has 3 amide bonds. The minimum absolute atomic E-state index is 0.137. The Kier molecular flexibility index (Phi) is 7.00. The zero-order chi connectivity index (χ0) is 25.8. The number of amides is 3. The van der Waals surface area contributed by atoms with E-state index in [2.05, 4.69) is 25.1 Å². The molecule has 190 valence electrons. The SMILES string of the molecule is COc1ccc(CN2CCN(c3nccc(/C=C4/C(=O)NC(=O)N4Cc4ccccc4)n3)CC2)cc1O. The Hall–Kier alpha value is -4.44. The van der Waals surface area contributed by atoms with Crippen LogP contribution in [0.3, 0.4) is 0 Å². The second-order valence-electron chi connectivity index (χ2n) is 8.91. The number of nitrogens with one attached hydrogen (secondary N) is 1. The number of ether oxygens (including phenoxy) is 1. The lowest BCUT2D eigenvalue weighted by Gasteiger charge is -2.34. The highest BCUT2D eigenvalue weighted by molar-refractivity contribution is 6.13. The number of carbonyl (C=O) groups excluding carboxylic acids is 2. The number of aromatic hydroxyl groups is 1. The fourth-order valence-corrected chi connectivity index (χ4v) is 4.46. The topological polar surface area (TPSA) is 111 Å². The molecule has 0 bridgehead atoms. The molecule has 37 heavy (non-hydrogen) atoms. The van der Waals surface area contributed by atoms with Crippen LogP contribution in [0, 0.1) is 0 Å². The standard InChI is InChI=1S/C27H28N6O4/c1-37-24-8-7-20(15-23(24)34)17-31-11-13-32(14-12-31)26-28-10-9-21(29-26)16-22-25(35)30-27(36)33(22)18-19-5-3-2-4-6-19/h2-10,15-16,34H,11-14,17-18H2,1H3,(H,30,35,36)/b22-16-. The van der Waals surface area contributed by atoms with Crippen molar-refractivity contribution in [1.82, 2.24) is 25.1 Å². The van der Waals surface area contributed by atoms with Gasteiger partial charge in [0.1, 0.15) is 5.70 Å². The van der Waals surface area contributed by atoms with E-state index >= 15 is 0 Å². The molecule has 0 radical (unpaired) electrons. The van der Waals surface area contributed by atoms with Crippen LogP contribution in [0.4, 0.5) is 10.7 Å². The summed E-state index contributed by atoms with van der Waals surface area (Å²) in [5.74, 6) is 0.732. The Labute approximate surface area is 214 Å². The predicted octanol–water partition coefficient (Wildman–Crippen LogP) is 2.61. The first-order valence-corrected chi connectivity index (χ1v) is 12.0. The van der Waals surface area contributed by atoms with Crippen molar-refractivity contribution in [2.75, 3.05) is 38.2 Å². The molecular weight excluding hydrogens is 472 g/mol. The van der Waals surface area contributed by atoms with Crippen LogP contribution >= 0.6 is 0 Å². The third-order valence-electron chi connectivity index (χ3n) is 6.43. The number of phenols is 1. The van der Waals surface area contributed by atoms with E-state index in [0.29, 0.717) is 17.4 Å². The molecule has 2 aliphatic heterocycles. The van der Waals surface area contributed by atoms with Crippen molar-refractivity contribution in [1.29, 1.82) is 0 Å². The molecule has 2 aliphatic rings. The van der Waals surface area contributed by atoms with Gasteiger partial charge in [0.25, 0.3) is 5.91 Å². The second-order valence-corrected chi connectivity index (χ2v) is 8.91. The molecule has 0 aliphatic carbocycles. The van der Waals surface area contributed by atoms with E-state index in [1.54, 1.807) is 30.5 Å². The number of hydrogen-bond donors (Lipinski definition) is 2. The molecule has 10 heteroatoms. The number of aromatic nitrogens is 2. The second kappa shape index (κ2) is 10.7. The fraction of sp³-hybridized carbons (Fsp3) is 0.259. The Balaban J connectivity index is 1.25. The quantitative estimate of drug-likeness (QED) is 0.376. The van der Waals surface area contributed by atoms with E-state index in [1.807, 2.05) is 36.4 Å². The van der Waals surface area contributed by atoms with Crippen molar-refractivity contribution < 1.29 is 19.4 Å². The summed E-state index contributed by atoms with van der Waals surface area (Å²) in [5.41, 5.74) is 2.75. The lowest BCUT2D eigenvalue weighted by Crippen LogP contribution is -2.46. The number of imide groups is 1. The maximum Gasteiger partial charge on any atom is 0.329 e. The molecule has 1 aromatic heterocycles. The number of urea groups is 1. The third-order valence-corrected chi connectivity index (χ3v) is 6.43. The lowest BCUT2D eigenvalue weighted by atomic mass is 10.1. The van der Waals surface area contributed by atoms with Crippen LogP contribution in [0.2, 0.25) is 0 Å². The number of benzene rings is 2. The molecule has 0 unspecified atom stereocenters. The summed E-state index contributed by atoms with van der Waals surface area (Å²) in [6.45, 7) is 4.10. The molecule has 0 saturated carbocycles. The van der Waals surface area contributed by atoms with Crippen molar-refractivity contribution in [3.8, 4) is 11.5 Å². The summed E-state index contributed by atoms with van der Waals surface area (Å²) in [6, 6.07) is 16.2. The molecule has 3 aromatic rings. The van der Waals surface area contributed by atoms with Crippen LogP contribution in [-0.4, -0.2) is 70.1 Å². The highest BCUT2D eigenvalue weighted by Crippen LogP contribution is 2.27. The molecule has 3 heterocycles. The number of anilines is 1. The van der Waals surface area contributed by atoms with E-state index < -0.39 is 11.9 Å². The van der Waals surface area contributed by atoms with Gasteiger partial charge in [0, 0.05) is 38.9 Å². The van der Waals surface area contributed by atoms with Gasteiger partial charge in [0.05, 0.1) is 19.3 Å². The number of rotatable bonds is 7. The minimum atomic E-state index is -0.448. The zero-order valence-electron chi connectivity index (χ0n) is 20.5. The fourth-order valence-electron chi connectivity index (χ4n) is 4.46. The number of phenolic OH excluding ortho intramolecular Hbond substituents is 1. The van der Waals surface area contributed by atoms with Crippen molar-refractivity contribution in [2.24, 2.45) is 0 Å². The maximum absolute atomic E-state index is 12.5. The van der Waals surface area contributed by atoms with Gasteiger partial charge < -0.3 is 14.7 Å². The van der Waals surface area contributed by atoms with Gasteiger partial charge in [-0.1, -0.05) is 36.4 Å². The van der Waals surface area contributed by atoms with Crippen LogP contribution in [0.1, 0.15) is 16.8 Å². The Morgan fingerprint density at radius 3 is 2.51 bits per heavy atom. The summed E-state index contributed by atoms with van der Waals surface area (Å²) < 4.78 is 5.12. The van der Waals surface area contributed by atoms with Gasteiger partial charge in [-0.2, -0.15) is 0 Å². The lowest BCUT2D eigenvalue weighted by molar-refractivity contribution is -0.116. The summed E-state index contributed by atoms with van der Waals surface area (Å²) in [4.78, 5) is 39.8. The Morgan fingerprint density at radius 1 is 1.00 bits per heavy atom. The summed E-state index contributed by atoms with van der Waals surface area (Å²) >= 11 is 0. The molecule has 5 rings (SSSR count). The first kappa shape index (κ1) is 24.3. The van der Waals surface area contributed by atoms with Gasteiger partial charge in [0.15, 0.2) is 11.5 Å². The molecule has 2 N–H and O–H groups in total. The van der Waals surface area contributed by atoms with E-state index in [-0.39, 0.29) is 18.0 Å². The van der Waals surface area contributed by atoms with Crippen LogP contribution in [-0.2, 0) is 17.9 Å². The molecule has 0 atom stereocenters. The van der Waals surface area contributed by atoms with Gasteiger partial charge in [-0.3, -0.25) is 19.9 Å².